The lowest BCUT2D eigenvalue weighted by Crippen LogP contribution is -2.30. The lowest BCUT2D eigenvalue weighted by atomic mass is 9.96. The quantitative estimate of drug-likeness (QED) is 0.274. The predicted molar refractivity (Wildman–Crippen MR) is 143 cm³/mol. The summed E-state index contributed by atoms with van der Waals surface area (Å²) in [5, 5.41) is 7.22. The highest BCUT2D eigenvalue weighted by molar-refractivity contribution is 14.1. The fourth-order valence-electron chi connectivity index (χ4n) is 4.12. The molecule has 1 amide bonds. The number of aryl methyl sites for hydroxylation is 2. The first kappa shape index (κ1) is 23.9. The van der Waals surface area contributed by atoms with E-state index in [1.807, 2.05) is 30.3 Å². The number of benzene rings is 1. The van der Waals surface area contributed by atoms with Crippen molar-refractivity contribution in [3.8, 4) is 0 Å². The number of pyridine rings is 1. The van der Waals surface area contributed by atoms with Crippen molar-refractivity contribution in [1.82, 2.24) is 15.3 Å². The van der Waals surface area contributed by atoms with E-state index in [9.17, 15) is 4.79 Å². The van der Waals surface area contributed by atoms with Crippen molar-refractivity contribution in [2.24, 2.45) is 0 Å². The molecule has 3 aromatic rings. The van der Waals surface area contributed by atoms with Gasteiger partial charge in [-0.15, -0.1) is 0 Å². The molecule has 3 heterocycles. The minimum Gasteiger partial charge on any atom is -0.375 e. The molecule has 0 saturated carbocycles. The van der Waals surface area contributed by atoms with Crippen LogP contribution in [0, 0.1) is 17.4 Å². The molecule has 0 unspecified atom stereocenters. The van der Waals surface area contributed by atoms with E-state index in [4.69, 9.17) is 28.6 Å². The maximum absolute atomic E-state index is 11.9. The van der Waals surface area contributed by atoms with Crippen LogP contribution in [0.3, 0.4) is 0 Å². The largest absolute Gasteiger partial charge is 0.375 e. The number of rotatable bonds is 6. The van der Waals surface area contributed by atoms with Gasteiger partial charge in [-0.2, -0.15) is 0 Å². The monoisotopic (exact) mass is 595 g/mol. The zero-order valence-corrected chi connectivity index (χ0v) is 22.0. The third-order valence-electron chi connectivity index (χ3n) is 5.52. The molecule has 3 N–H and O–H groups in total. The van der Waals surface area contributed by atoms with Crippen LogP contribution in [0.1, 0.15) is 34.7 Å². The molecule has 10 heteroatoms. The van der Waals surface area contributed by atoms with E-state index in [-0.39, 0.29) is 24.6 Å². The fourth-order valence-corrected chi connectivity index (χ4v) is 5.55. The zero-order chi connectivity index (χ0) is 23.7. The number of halogens is 2. The number of aromatic amines is 1. The van der Waals surface area contributed by atoms with Crippen LogP contribution in [-0.4, -0.2) is 34.7 Å². The predicted octanol–water partition coefficient (Wildman–Crippen LogP) is 5.05. The molecule has 0 spiro atoms. The van der Waals surface area contributed by atoms with Crippen molar-refractivity contribution < 1.29 is 9.53 Å². The van der Waals surface area contributed by atoms with Gasteiger partial charge in [0.05, 0.1) is 28.5 Å². The Morgan fingerprint density at radius 2 is 2.09 bits per heavy atom. The Labute approximate surface area is 216 Å². The minimum absolute atomic E-state index is 0.0450. The summed E-state index contributed by atoms with van der Waals surface area (Å²) in [4.78, 5) is 22.0. The summed E-state index contributed by atoms with van der Waals surface area (Å²) in [5.41, 5.74) is 5.57. The molecule has 1 fully saturated rings. The van der Waals surface area contributed by atoms with Crippen LogP contribution in [0.25, 0.3) is 0 Å². The van der Waals surface area contributed by atoms with Gasteiger partial charge in [0.2, 0.25) is 5.91 Å². The number of ether oxygens (including phenoxy) is 1. The summed E-state index contributed by atoms with van der Waals surface area (Å²) in [6.07, 6.45) is 1.79. The van der Waals surface area contributed by atoms with Crippen LogP contribution in [0.2, 0.25) is 5.02 Å². The number of hydrogen-bond acceptors (Lipinski definition) is 4. The summed E-state index contributed by atoms with van der Waals surface area (Å²) in [5.74, 6) is -0.272. The Kier molecular flexibility index (Phi) is 7.22. The first-order chi connectivity index (χ1) is 15.8. The Morgan fingerprint density at radius 1 is 1.30 bits per heavy atom. The van der Waals surface area contributed by atoms with Crippen LogP contribution >= 0.6 is 46.4 Å². The Hall–Kier alpha value is -2.21. The van der Waals surface area contributed by atoms with Gasteiger partial charge in [-0.25, -0.2) is 0 Å². The van der Waals surface area contributed by atoms with Gasteiger partial charge in [0.25, 0.3) is 0 Å². The van der Waals surface area contributed by atoms with E-state index < -0.39 is 0 Å². The van der Waals surface area contributed by atoms with Gasteiger partial charge in [-0.1, -0.05) is 17.7 Å². The Bertz CT molecular complexity index is 1200. The van der Waals surface area contributed by atoms with Crippen LogP contribution < -0.4 is 15.5 Å². The smallest absolute Gasteiger partial charge is 0.250 e. The SMILES string of the molecule is COCC(=O)Nc1ccc(N2C(=S)N[C@H](c3ccccn3)[C@H]2c2c(C)[nH]c(C)c2I)cc1Cl. The number of H-pyrrole nitrogens is 1. The molecule has 1 aliphatic heterocycles. The van der Waals surface area contributed by atoms with E-state index in [1.54, 1.807) is 12.3 Å². The third kappa shape index (κ3) is 4.72. The number of methoxy groups -OCH3 is 1. The highest BCUT2D eigenvalue weighted by Gasteiger charge is 2.43. The van der Waals surface area contributed by atoms with E-state index in [0.29, 0.717) is 15.8 Å². The molecular weight excluding hydrogens is 573 g/mol. The molecule has 7 nitrogen and oxygen atoms in total. The molecule has 172 valence electrons. The second-order valence-electron chi connectivity index (χ2n) is 7.74. The molecule has 4 rings (SSSR count). The van der Waals surface area contributed by atoms with E-state index in [0.717, 1.165) is 31.9 Å². The first-order valence-electron chi connectivity index (χ1n) is 10.2. The number of amides is 1. The summed E-state index contributed by atoms with van der Waals surface area (Å²) < 4.78 is 6.03. The Morgan fingerprint density at radius 3 is 2.70 bits per heavy atom. The molecule has 1 aliphatic rings. The number of anilines is 2. The molecule has 0 radical (unpaired) electrons. The second-order valence-corrected chi connectivity index (χ2v) is 9.62. The minimum atomic E-state index is -0.272. The van der Waals surface area contributed by atoms with Gasteiger partial charge >= 0.3 is 0 Å². The zero-order valence-electron chi connectivity index (χ0n) is 18.3. The van der Waals surface area contributed by atoms with Crippen molar-refractivity contribution in [3.63, 3.8) is 0 Å². The highest BCUT2D eigenvalue weighted by atomic mass is 127. The van der Waals surface area contributed by atoms with Crippen molar-refractivity contribution in [3.05, 3.63) is 73.8 Å². The molecule has 0 aliphatic carbocycles. The summed E-state index contributed by atoms with van der Waals surface area (Å²) >= 11 is 14.7. The summed E-state index contributed by atoms with van der Waals surface area (Å²) in [6, 6.07) is 11.1. The lowest BCUT2D eigenvalue weighted by Gasteiger charge is -2.29. The maximum Gasteiger partial charge on any atom is 0.250 e. The molecule has 1 aromatic carbocycles. The van der Waals surface area contributed by atoms with Crippen LogP contribution in [0.4, 0.5) is 11.4 Å². The number of nitrogens with one attached hydrogen (secondary N) is 3. The van der Waals surface area contributed by atoms with Gasteiger partial charge in [0.15, 0.2) is 5.11 Å². The standard InChI is InChI=1S/C23H23ClIN5O2S/c1-12-19(20(25)13(2)27-12)22-21(17-6-4-5-9-26-17)29-23(33)30(22)14-7-8-16(15(24)10-14)28-18(31)11-32-3/h4-10,21-22,27H,11H2,1-3H3,(H,28,31)(H,29,33)/t21-,22-/m1/s1. The molecule has 1 saturated heterocycles. The van der Waals surface area contributed by atoms with Gasteiger partial charge < -0.3 is 25.3 Å². The van der Waals surface area contributed by atoms with Crippen LogP contribution in [0.5, 0.6) is 0 Å². The second kappa shape index (κ2) is 9.96. The van der Waals surface area contributed by atoms with Crippen LogP contribution in [0.15, 0.2) is 42.6 Å². The van der Waals surface area contributed by atoms with Crippen molar-refractivity contribution in [2.45, 2.75) is 25.9 Å². The van der Waals surface area contributed by atoms with Gasteiger partial charge in [-0.3, -0.25) is 9.78 Å². The van der Waals surface area contributed by atoms with Gasteiger partial charge in [0, 0.05) is 39.5 Å². The highest BCUT2D eigenvalue weighted by Crippen LogP contribution is 2.45. The van der Waals surface area contributed by atoms with Gasteiger partial charge in [-0.05, 0) is 79.0 Å². The number of thiocarbonyl (C=S) groups is 1. The molecule has 2 aromatic heterocycles. The third-order valence-corrected chi connectivity index (χ3v) is 7.54. The number of hydrogen-bond donors (Lipinski definition) is 3. The average Bonchev–Trinajstić information content (AvgIpc) is 3.25. The topological polar surface area (TPSA) is 82.3 Å². The van der Waals surface area contributed by atoms with E-state index in [1.165, 1.54) is 7.11 Å². The molecule has 33 heavy (non-hydrogen) atoms. The normalized spacial score (nSPS) is 17.8. The van der Waals surface area contributed by atoms with Crippen LogP contribution in [-0.2, 0) is 9.53 Å². The lowest BCUT2D eigenvalue weighted by molar-refractivity contribution is -0.119. The Balaban J connectivity index is 1.78. The molecule has 0 bridgehead atoms. The first-order valence-corrected chi connectivity index (χ1v) is 12.1. The maximum atomic E-state index is 11.9. The van der Waals surface area contributed by atoms with Gasteiger partial charge in [0.1, 0.15) is 6.61 Å². The number of aromatic nitrogens is 2. The molecular formula is C23H23ClIN5O2S. The summed E-state index contributed by atoms with van der Waals surface area (Å²) in [7, 11) is 1.47. The van der Waals surface area contributed by atoms with Crippen molar-refractivity contribution >= 4 is 68.8 Å². The number of nitrogens with zero attached hydrogens (tertiary/aromatic N) is 2. The molecule has 2 atom stereocenters. The van der Waals surface area contributed by atoms with E-state index in [2.05, 4.69) is 61.9 Å². The summed E-state index contributed by atoms with van der Waals surface area (Å²) in [6.45, 7) is 4.09. The average molecular weight is 596 g/mol. The fraction of sp³-hybridized carbons (Fsp3) is 0.261. The number of carbonyl (C=O) groups is 1. The number of carbonyl (C=O) groups excluding carboxylic acids is 1. The van der Waals surface area contributed by atoms with E-state index >= 15 is 0 Å². The van der Waals surface area contributed by atoms with Crippen molar-refractivity contribution in [2.75, 3.05) is 23.9 Å². The van der Waals surface area contributed by atoms with Crippen molar-refractivity contribution in [1.29, 1.82) is 0 Å².